The van der Waals surface area contributed by atoms with E-state index in [4.69, 9.17) is 17.3 Å². The molecule has 38 heavy (non-hydrogen) atoms. The van der Waals surface area contributed by atoms with Crippen molar-refractivity contribution >= 4 is 44.7 Å². The van der Waals surface area contributed by atoms with Crippen LogP contribution in [0, 0.1) is 0 Å². The van der Waals surface area contributed by atoms with E-state index in [1.165, 1.54) is 18.4 Å². The van der Waals surface area contributed by atoms with Gasteiger partial charge in [-0.05, 0) is 44.5 Å². The lowest BCUT2D eigenvalue weighted by Gasteiger charge is -2.43. The fourth-order valence-corrected chi connectivity index (χ4v) is 6.38. The molecule has 4 rings (SSSR count). The highest BCUT2D eigenvalue weighted by Crippen LogP contribution is 2.34. The number of carbonyl (C=O) groups excluding carboxylic acids is 1. The number of sulfonamides is 1. The van der Waals surface area contributed by atoms with E-state index < -0.39 is 15.9 Å². The molecule has 0 unspecified atom stereocenters. The van der Waals surface area contributed by atoms with Gasteiger partial charge in [-0.2, -0.15) is 0 Å². The second-order valence-corrected chi connectivity index (χ2v) is 12.5. The van der Waals surface area contributed by atoms with Crippen molar-refractivity contribution in [3.8, 4) is 0 Å². The zero-order valence-corrected chi connectivity index (χ0v) is 24.0. The van der Waals surface area contributed by atoms with Gasteiger partial charge in [-0.25, -0.2) is 22.7 Å². The number of nitrogens with one attached hydrogen (secondary N) is 1. The number of nitrogens with zero attached hydrogens (tertiary/aromatic N) is 6. The van der Waals surface area contributed by atoms with E-state index in [-0.39, 0.29) is 21.6 Å². The number of anilines is 3. The molecule has 208 valence electrons. The van der Waals surface area contributed by atoms with Gasteiger partial charge < -0.3 is 20.9 Å². The molecular weight excluding hydrogens is 528 g/mol. The van der Waals surface area contributed by atoms with E-state index in [9.17, 15) is 13.2 Å². The number of carbonyl (C=O) groups is 1. The highest BCUT2D eigenvalue weighted by Gasteiger charge is 2.30. The van der Waals surface area contributed by atoms with Crippen LogP contribution in [0.3, 0.4) is 0 Å². The zero-order chi connectivity index (χ0) is 27.6. The van der Waals surface area contributed by atoms with Crippen molar-refractivity contribution < 1.29 is 13.2 Å². The SMILES string of the molecule is CCc1nc(C(N)=O)c(Nc2ccc(N3CCC(N4CCN(C)CC4)CC3)c(S(=O)(=O)N(C)C)c2)nc1Cl. The number of nitrogens with two attached hydrogens (primary N) is 1. The first-order valence-corrected chi connectivity index (χ1v) is 14.7. The first kappa shape index (κ1) is 28.5. The second kappa shape index (κ2) is 11.7. The Labute approximate surface area is 230 Å². The van der Waals surface area contributed by atoms with Gasteiger partial charge in [-0.15, -0.1) is 0 Å². The number of piperidine rings is 1. The predicted octanol–water partition coefficient (Wildman–Crippen LogP) is 2.00. The average molecular weight is 565 g/mol. The van der Waals surface area contributed by atoms with Gasteiger partial charge in [0.05, 0.1) is 11.4 Å². The van der Waals surface area contributed by atoms with Crippen molar-refractivity contribution in [3.63, 3.8) is 0 Å². The number of rotatable bonds is 8. The topological polar surface area (TPSA) is 128 Å². The minimum atomic E-state index is -3.78. The Balaban J connectivity index is 1.61. The van der Waals surface area contributed by atoms with E-state index in [1.807, 2.05) is 6.92 Å². The standard InChI is InChI=1S/C25H37ClN8O3S/c1-5-19-23(26)30-25(22(29-19)24(27)35)28-17-6-7-20(21(16-17)38(36,37)31(2)3)34-10-8-18(9-11-34)33-14-12-32(4)13-15-33/h6-7,16,18H,5,8-15H2,1-4H3,(H2,27,35)(H,28,30). The van der Waals surface area contributed by atoms with Gasteiger partial charge in [0.1, 0.15) is 4.90 Å². The molecule has 1 aromatic heterocycles. The van der Waals surface area contributed by atoms with Crippen LogP contribution in [0.25, 0.3) is 0 Å². The molecule has 3 N–H and O–H groups in total. The van der Waals surface area contributed by atoms with E-state index in [0.29, 0.717) is 29.5 Å². The Morgan fingerprint density at radius 2 is 1.79 bits per heavy atom. The van der Waals surface area contributed by atoms with Gasteiger partial charge in [0.15, 0.2) is 16.7 Å². The Bertz CT molecular complexity index is 1270. The molecule has 11 nitrogen and oxygen atoms in total. The van der Waals surface area contributed by atoms with Gasteiger partial charge in [0.25, 0.3) is 5.91 Å². The Kier molecular flexibility index (Phi) is 8.78. The van der Waals surface area contributed by atoms with E-state index in [1.54, 1.807) is 18.2 Å². The lowest BCUT2D eigenvalue weighted by Crippen LogP contribution is -2.52. The van der Waals surface area contributed by atoms with Gasteiger partial charge >= 0.3 is 0 Å². The molecule has 3 heterocycles. The van der Waals surface area contributed by atoms with Crippen LogP contribution < -0.4 is 16.0 Å². The number of halogens is 1. The minimum absolute atomic E-state index is 0.0571. The molecule has 2 aliphatic heterocycles. The van der Waals surface area contributed by atoms with E-state index >= 15 is 0 Å². The molecule has 0 bridgehead atoms. The molecular formula is C25H37ClN8O3S. The third kappa shape index (κ3) is 6.04. The highest BCUT2D eigenvalue weighted by molar-refractivity contribution is 7.89. The number of primary amides is 1. The first-order chi connectivity index (χ1) is 18.0. The number of hydrogen-bond donors (Lipinski definition) is 2. The number of likely N-dealkylation sites (N-methyl/N-ethyl adjacent to an activating group) is 1. The number of aryl methyl sites for hydroxylation is 1. The van der Waals surface area contributed by atoms with Gasteiger partial charge in [-0.1, -0.05) is 18.5 Å². The largest absolute Gasteiger partial charge is 0.370 e. The van der Waals surface area contributed by atoms with Crippen LogP contribution in [0.5, 0.6) is 0 Å². The van der Waals surface area contributed by atoms with Crippen LogP contribution in [0.4, 0.5) is 17.2 Å². The molecule has 0 saturated carbocycles. The van der Waals surface area contributed by atoms with Crippen LogP contribution in [0.15, 0.2) is 23.1 Å². The lowest BCUT2D eigenvalue weighted by molar-refractivity contribution is 0.0981. The molecule has 2 aromatic rings. The number of piperazine rings is 1. The summed E-state index contributed by atoms with van der Waals surface area (Å²) >= 11 is 6.24. The number of amides is 1. The summed E-state index contributed by atoms with van der Waals surface area (Å²) in [5, 5.41) is 3.16. The summed E-state index contributed by atoms with van der Waals surface area (Å²) in [6.07, 6.45) is 2.44. The van der Waals surface area contributed by atoms with Gasteiger partial charge in [0.2, 0.25) is 10.0 Å². The van der Waals surface area contributed by atoms with E-state index in [2.05, 4.69) is 37.0 Å². The van der Waals surface area contributed by atoms with Gasteiger partial charge in [0, 0.05) is 65.1 Å². The molecule has 2 saturated heterocycles. The van der Waals surface area contributed by atoms with Crippen molar-refractivity contribution in [3.05, 3.63) is 34.7 Å². The monoisotopic (exact) mass is 564 g/mol. The fourth-order valence-electron chi connectivity index (χ4n) is 4.99. The quantitative estimate of drug-likeness (QED) is 0.494. The third-order valence-corrected chi connectivity index (χ3v) is 9.47. The number of hydrogen-bond acceptors (Lipinski definition) is 9. The Morgan fingerprint density at radius 3 is 2.37 bits per heavy atom. The summed E-state index contributed by atoms with van der Waals surface area (Å²) in [5.74, 6) is -0.680. The lowest BCUT2D eigenvalue weighted by atomic mass is 10.0. The second-order valence-electron chi connectivity index (χ2n) is 10.0. The van der Waals surface area contributed by atoms with Crippen LogP contribution in [0.2, 0.25) is 5.15 Å². The molecule has 0 atom stereocenters. The molecule has 0 radical (unpaired) electrons. The summed E-state index contributed by atoms with van der Waals surface area (Å²) in [6.45, 7) is 7.68. The number of aromatic nitrogens is 2. The van der Waals surface area contributed by atoms with Crippen molar-refractivity contribution in [2.45, 2.75) is 37.1 Å². The van der Waals surface area contributed by atoms with Crippen molar-refractivity contribution in [1.29, 1.82) is 0 Å². The average Bonchev–Trinajstić information content (AvgIpc) is 2.89. The Morgan fingerprint density at radius 1 is 1.13 bits per heavy atom. The molecule has 1 aromatic carbocycles. The normalized spacial score (nSPS) is 18.2. The molecule has 2 aliphatic rings. The van der Waals surface area contributed by atoms with Crippen molar-refractivity contribution in [2.75, 3.05) is 70.6 Å². The summed E-state index contributed by atoms with van der Waals surface area (Å²) in [4.78, 5) is 27.8. The smallest absolute Gasteiger partial charge is 0.271 e. The first-order valence-electron chi connectivity index (χ1n) is 12.9. The minimum Gasteiger partial charge on any atom is -0.370 e. The third-order valence-electron chi connectivity index (χ3n) is 7.33. The maximum atomic E-state index is 13.4. The highest BCUT2D eigenvalue weighted by atomic mass is 35.5. The van der Waals surface area contributed by atoms with Crippen LogP contribution in [-0.2, 0) is 16.4 Å². The summed E-state index contributed by atoms with van der Waals surface area (Å²) in [7, 11) is 1.40. The fraction of sp³-hybridized carbons (Fsp3) is 0.560. The summed E-state index contributed by atoms with van der Waals surface area (Å²) in [6, 6.07) is 5.64. The molecule has 0 spiro atoms. The summed E-state index contributed by atoms with van der Waals surface area (Å²) in [5.41, 5.74) is 7.02. The van der Waals surface area contributed by atoms with Crippen molar-refractivity contribution in [2.24, 2.45) is 5.73 Å². The Hall–Kier alpha value is -2.51. The van der Waals surface area contributed by atoms with Crippen LogP contribution >= 0.6 is 11.6 Å². The zero-order valence-electron chi connectivity index (χ0n) is 22.4. The summed E-state index contributed by atoms with van der Waals surface area (Å²) < 4.78 is 28.0. The molecule has 1 amide bonds. The maximum absolute atomic E-state index is 13.4. The van der Waals surface area contributed by atoms with Crippen LogP contribution in [-0.4, -0.2) is 105 Å². The number of benzene rings is 1. The maximum Gasteiger partial charge on any atom is 0.271 e. The van der Waals surface area contributed by atoms with E-state index in [0.717, 1.165) is 52.1 Å². The van der Waals surface area contributed by atoms with Crippen molar-refractivity contribution in [1.82, 2.24) is 24.1 Å². The molecule has 2 fully saturated rings. The molecule has 0 aliphatic carbocycles. The predicted molar refractivity (Wildman–Crippen MR) is 150 cm³/mol. The van der Waals surface area contributed by atoms with Crippen LogP contribution in [0.1, 0.15) is 35.9 Å². The molecule has 13 heteroatoms. The van der Waals surface area contributed by atoms with Gasteiger partial charge in [-0.3, -0.25) is 9.69 Å².